The topological polar surface area (TPSA) is 51.2 Å². The van der Waals surface area contributed by atoms with Crippen LogP contribution in [0.1, 0.15) is 53.6 Å². The quantitative estimate of drug-likeness (QED) is 0.784. The molecule has 0 amide bonds. The Kier molecular flexibility index (Phi) is 3.87. The highest BCUT2D eigenvalue weighted by atomic mass is 32.2. The monoisotopic (exact) mass is 324 g/mol. The second-order valence-corrected chi connectivity index (χ2v) is 9.23. The van der Waals surface area contributed by atoms with E-state index in [-0.39, 0.29) is 28.0 Å². The number of carbonyl (C=O) groups excluding carboxylic acids is 1. The summed E-state index contributed by atoms with van der Waals surface area (Å²) in [5.74, 6) is -0.555. The van der Waals surface area contributed by atoms with Crippen LogP contribution in [0.25, 0.3) is 0 Å². The Hall–Kier alpha value is -1.23. The zero-order valence-electron chi connectivity index (χ0n) is 12.9. The maximum Gasteiger partial charge on any atom is 0.166 e. The molecule has 2 aliphatic heterocycles. The highest BCUT2D eigenvalue weighted by Crippen LogP contribution is 2.40. The molecule has 2 fully saturated rings. The zero-order chi connectivity index (χ0) is 16.1. The van der Waals surface area contributed by atoms with E-state index in [2.05, 4.69) is 0 Å². The van der Waals surface area contributed by atoms with Gasteiger partial charge in [-0.1, -0.05) is 6.42 Å². The minimum absolute atomic E-state index is 0.0296. The summed E-state index contributed by atoms with van der Waals surface area (Å²) in [6.07, 6.45) is 3.12. The lowest BCUT2D eigenvalue weighted by Gasteiger charge is -2.38. The molecule has 3 rings (SSSR count). The molecule has 0 aromatic heterocycles. The van der Waals surface area contributed by atoms with E-state index in [1.54, 1.807) is 26.0 Å². The summed E-state index contributed by atoms with van der Waals surface area (Å²) in [4.78, 5) is 12.7. The van der Waals surface area contributed by atoms with E-state index in [9.17, 15) is 17.6 Å². The highest BCUT2D eigenvalue weighted by molar-refractivity contribution is 7.92. The summed E-state index contributed by atoms with van der Waals surface area (Å²) in [6.45, 7) is 3.30. The van der Waals surface area contributed by atoms with E-state index in [0.29, 0.717) is 42.4 Å². The van der Waals surface area contributed by atoms with Crippen LogP contribution in [0.15, 0.2) is 12.1 Å². The molecule has 2 unspecified atom stereocenters. The van der Waals surface area contributed by atoms with E-state index < -0.39 is 9.84 Å². The van der Waals surface area contributed by atoms with Gasteiger partial charge in [-0.25, -0.2) is 12.8 Å². The lowest BCUT2D eigenvalue weighted by atomic mass is 9.84. The van der Waals surface area contributed by atoms with Crippen molar-refractivity contribution in [2.75, 3.05) is 0 Å². The predicted molar refractivity (Wildman–Crippen MR) is 83.3 cm³/mol. The van der Waals surface area contributed by atoms with Crippen LogP contribution in [0.5, 0.6) is 0 Å². The molecule has 2 bridgehead atoms. The Morgan fingerprint density at radius 1 is 1.09 bits per heavy atom. The number of benzene rings is 1. The first-order valence-corrected chi connectivity index (χ1v) is 9.45. The average Bonchev–Trinajstić information content (AvgIpc) is 2.42. The van der Waals surface area contributed by atoms with E-state index in [4.69, 9.17) is 0 Å². The second-order valence-electron chi connectivity index (χ2n) is 6.72. The van der Waals surface area contributed by atoms with Crippen molar-refractivity contribution in [3.63, 3.8) is 0 Å². The van der Waals surface area contributed by atoms with Crippen LogP contribution in [-0.2, 0) is 9.84 Å². The van der Waals surface area contributed by atoms with Crippen LogP contribution in [0.4, 0.5) is 4.39 Å². The molecule has 2 atom stereocenters. The number of sulfone groups is 1. The van der Waals surface area contributed by atoms with E-state index >= 15 is 0 Å². The van der Waals surface area contributed by atoms with Crippen LogP contribution in [-0.4, -0.2) is 24.7 Å². The molecule has 1 aromatic rings. The van der Waals surface area contributed by atoms with Gasteiger partial charge in [-0.05, 0) is 62.8 Å². The van der Waals surface area contributed by atoms with Crippen molar-refractivity contribution in [2.24, 2.45) is 5.92 Å². The molecule has 1 aromatic carbocycles. The smallest absolute Gasteiger partial charge is 0.166 e. The molecule has 120 valence electrons. The number of hydrogen-bond acceptors (Lipinski definition) is 3. The number of hydrogen-bond donors (Lipinski definition) is 0. The van der Waals surface area contributed by atoms with Crippen molar-refractivity contribution >= 4 is 15.6 Å². The van der Waals surface area contributed by atoms with Gasteiger partial charge in [0, 0.05) is 11.5 Å². The lowest BCUT2D eigenvalue weighted by Crippen LogP contribution is -2.45. The minimum Gasteiger partial charge on any atom is -0.294 e. The van der Waals surface area contributed by atoms with Gasteiger partial charge in [0.1, 0.15) is 5.82 Å². The summed E-state index contributed by atoms with van der Waals surface area (Å²) in [6, 6.07) is 3.17. The van der Waals surface area contributed by atoms with E-state index in [0.717, 1.165) is 6.42 Å². The molecule has 5 heteroatoms. The average molecular weight is 324 g/mol. The number of halogens is 1. The number of fused-ring (bicyclic) bond motifs is 2. The Balaban J connectivity index is 1.88. The normalized spacial score (nSPS) is 30.0. The molecule has 0 aliphatic carbocycles. The largest absolute Gasteiger partial charge is 0.294 e. The predicted octanol–water partition coefficient (Wildman–Crippen LogP) is 3.37. The van der Waals surface area contributed by atoms with Crippen molar-refractivity contribution in [1.29, 1.82) is 0 Å². The van der Waals surface area contributed by atoms with E-state index in [1.807, 2.05) is 0 Å². The highest BCUT2D eigenvalue weighted by Gasteiger charge is 2.46. The maximum absolute atomic E-state index is 13.7. The van der Waals surface area contributed by atoms with Gasteiger partial charge in [-0.3, -0.25) is 4.79 Å². The number of rotatable bonds is 2. The molecule has 0 spiro atoms. The number of ketones is 1. The fourth-order valence-electron chi connectivity index (χ4n) is 3.95. The molecule has 22 heavy (non-hydrogen) atoms. The zero-order valence-corrected chi connectivity index (χ0v) is 13.7. The van der Waals surface area contributed by atoms with Crippen molar-refractivity contribution in [1.82, 2.24) is 0 Å². The van der Waals surface area contributed by atoms with Crippen LogP contribution in [0.3, 0.4) is 0 Å². The van der Waals surface area contributed by atoms with Gasteiger partial charge in [0.05, 0.1) is 10.5 Å². The molecule has 3 nitrogen and oxygen atoms in total. The number of carbonyl (C=O) groups is 1. The molecule has 2 saturated heterocycles. The molecule has 0 N–H and O–H groups in total. The SMILES string of the molecule is Cc1cc(C(=O)C2CC3CCCC(C2)S3(=O)=O)cc(C)c1F. The van der Waals surface area contributed by atoms with Crippen LogP contribution < -0.4 is 0 Å². The first-order valence-electron chi connectivity index (χ1n) is 7.84. The van der Waals surface area contributed by atoms with Crippen molar-refractivity contribution < 1.29 is 17.6 Å². The van der Waals surface area contributed by atoms with Gasteiger partial charge in [-0.2, -0.15) is 0 Å². The summed E-state index contributed by atoms with van der Waals surface area (Å²) in [5.41, 5.74) is 1.44. The minimum atomic E-state index is -3.05. The fraction of sp³-hybridized carbons (Fsp3) is 0.588. The second kappa shape index (κ2) is 5.44. The summed E-state index contributed by atoms with van der Waals surface area (Å²) in [7, 11) is -3.05. The molecule has 0 saturated carbocycles. The van der Waals surface area contributed by atoms with Crippen molar-refractivity contribution in [3.05, 3.63) is 34.6 Å². The third-order valence-electron chi connectivity index (χ3n) is 5.17. The van der Waals surface area contributed by atoms with Gasteiger partial charge in [0.15, 0.2) is 15.6 Å². The molecular weight excluding hydrogens is 303 g/mol. The molecule has 2 aliphatic rings. The Morgan fingerprint density at radius 3 is 2.09 bits per heavy atom. The van der Waals surface area contributed by atoms with Crippen LogP contribution in [0, 0.1) is 25.6 Å². The van der Waals surface area contributed by atoms with Crippen molar-refractivity contribution in [3.8, 4) is 0 Å². The van der Waals surface area contributed by atoms with Crippen LogP contribution >= 0.6 is 0 Å². The Morgan fingerprint density at radius 2 is 1.59 bits per heavy atom. The third kappa shape index (κ3) is 2.49. The first-order chi connectivity index (χ1) is 10.3. The summed E-state index contributed by atoms with van der Waals surface area (Å²) in [5, 5.41) is -0.729. The summed E-state index contributed by atoms with van der Waals surface area (Å²) >= 11 is 0. The number of aryl methyl sites for hydroxylation is 2. The molecule has 0 radical (unpaired) electrons. The van der Waals surface area contributed by atoms with Gasteiger partial charge in [0.2, 0.25) is 0 Å². The Labute approximate surface area is 130 Å². The van der Waals surface area contributed by atoms with E-state index in [1.165, 1.54) is 0 Å². The fourth-order valence-corrected chi connectivity index (χ4v) is 6.48. The van der Waals surface area contributed by atoms with Gasteiger partial charge < -0.3 is 0 Å². The Bertz CT molecular complexity index is 680. The summed E-state index contributed by atoms with van der Waals surface area (Å²) < 4.78 is 38.3. The third-order valence-corrected chi connectivity index (χ3v) is 7.88. The molecule has 2 heterocycles. The lowest BCUT2D eigenvalue weighted by molar-refractivity contribution is 0.0893. The maximum atomic E-state index is 13.7. The standard InChI is InChI=1S/C17H21FO3S/c1-10-6-12(7-11(2)16(10)18)17(19)13-8-14-4-3-5-15(9-13)22(14,20)21/h6-7,13-15H,3-5,8-9H2,1-2H3. The first kappa shape index (κ1) is 15.7. The van der Waals surface area contributed by atoms with Crippen LogP contribution in [0.2, 0.25) is 0 Å². The molecular formula is C17H21FO3S. The van der Waals surface area contributed by atoms with Gasteiger partial charge in [-0.15, -0.1) is 0 Å². The van der Waals surface area contributed by atoms with Gasteiger partial charge >= 0.3 is 0 Å². The number of Topliss-reactive ketones (excluding diaryl/α,β-unsaturated/α-hetero) is 1. The van der Waals surface area contributed by atoms with Gasteiger partial charge in [0.25, 0.3) is 0 Å². The van der Waals surface area contributed by atoms with Crippen molar-refractivity contribution in [2.45, 2.75) is 56.5 Å².